The number of hydrogen-bond donors (Lipinski definition) is 1. The molecule has 0 spiro atoms. The van der Waals surface area contributed by atoms with E-state index in [1.54, 1.807) is 0 Å². The monoisotopic (exact) mass is 188 g/mol. The topological polar surface area (TPSA) is 20.2 Å². The first kappa shape index (κ1) is 12.9. The molecule has 1 N–H and O–H groups in total. The summed E-state index contributed by atoms with van der Waals surface area (Å²) in [6.07, 6.45) is 5.13. The normalized spacial score (nSPS) is 20.3. The van der Waals surface area contributed by atoms with Crippen LogP contribution in [-0.4, -0.2) is 42.9 Å². The molecule has 80 valence electrons. The fourth-order valence-corrected chi connectivity index (χ4v) is 1.95. The molecule has 0 radical (unpaired) electrons. The molecular weight excluding hydrogens is 162 g/mol. The number of likely N-dealkylation sites (tertiary alicyclic amines) is 1. The first-order valence-corrected chi connectivity index (χ1v) is 5.71. The molecular formula is C11H26NO+. The van der Waals surface area contributed by atoms with Crippen LogP contribution >= 0.6 is 0 Å². The smallest absolute Gasteiger partial charge is 0.0806 e. The van der Waals surface area contributed by atoms with Crippen molar-refractivity contribution < 1.29 is 9.59 Å². The maximum Gasteiger partial charge on any atom is 0.0806 e. The van der Waals surface area contributed by atoms with Gasteiger partial charge in [0, 0.05) is 13.0 Å². The SMILES string of the molecule is CC.C[N+]1(CCCO)CCCCC1. The molecule has 0 aromatic rings. The van der Waals surface area contributed by atoms with Crippen LogP contribution in [0.15, 0.2) is 0 Å². The summed E-state index contributed by atoms with van der Waals surface area (Å²) in [5.41, 5.74) is 0. The molecule has 0 aliphatic carbocycles. The first-order chi connectivity index (χ1) is 6.27. The number of aliphatic hydroxyl groups is 1. The molecule has 0 bridgehead atoms. The Kier molecular flexibility index (Phi) is 7.29. The van der Waals surface area contributed by atoms with Crippen LogP contribution in [0, 0.1) is 0 Å². The Balaban J connectivity index is 0.000000671. The van der Waals surface area contributed by atoms with Crippen molar-refractivity contribution in [2.75, 3.05) is 33.3 Å². The number of quaternary nitrogens is 1. The van der Waals surface area contributed by atoms with Crippen molar-refractivity contribution in [3.8, 4) is 0 Å². The van der Waals surface area contributed by atoms with Gasteiger partial charge in [-0.3, -0.25) is 0 Å². The van der Waals surface area contributed by atoms with E-state index < -0.39 is 0 Å². The molecule has 0 atom stereocenters. The van der Waals surface area contributed by atoms with Crippen molar-refractivity contribution in [2.24, 2.45) is 0 Å². The zero-order chi connectivity index (χ0) is 10.2. The minimum atomic E-state index is 0.355. The molecule has 1 fully saturated rings. The largest absolute Gasteiger partial charge is 0.396 e. The second kappa shape index (κ2) is 7.34. The molecule has 1 saturated heterocycles. The average molecular weight is 188 g/mol. The summed E-state index contributed by atoms with van der Waals surface area (Å²) in [6.45, 7) is 8.16. The summed E-state index contributed by atoms with van der Waals surface area (Å²) in [7, 11) is 2.31. The molecule has 0 unspecified atom stereocenters. The highest BCUT2D eigenvalue weighted by Gasteiger charge is 2.23. The van der Waals surface area contributed by atoms with Gasteiger partial charge in [-0.25, -0.2) is 0 Å². The molecule has 0 aromatic heterocycles. The van der Waals surface area contributed by atoms with Crippen LogP contribution in [0.2, 0.25) is 0 Å². The lowest BCUT2D eigenvalue weighted by molar-refractivity contribution is -0.914. The average Bonchev–Trinajstić information content (AvgIpc) is 2.19. The number of hydrogen-bond acceptors (Lipinski definition) is 1. The van der Waals surface area contributed by atoms with Crippen LogP contribution in [0.3, 0.4) is 0 Å². The third kappa shape index (κ3) is 5.27. The van der Waals surface area contributed by atoms with Crippen LogP contribution in [0.1, 0.15) is 39.5 Å². The summed E-state index contributed by atoms with van der Waals surface area (Å²) >= 11 is 0. The summed E-state index contributed by atoms with van der Waals surface area (Å²) in [5, 5.41) is 8.70. The Morgan fingerprint density at radius 2 is 1.62 bits per heavy atom. The number of aliphatic hydroxyl groups excluding tert-OH is 1. The van der Waals surface area contributed by atoms with Gasteiger partial charge in [0.25, 0.3) is 0 Å². The van der Waals surface area contributed by atoms with Crippen molar-refractivity contribution >= 4 is 0 Å². The summed E-state index contributed by atoms with van der Waals surface area (Å²) < 4.78 is 1.20. The molecule has 1 heterocycles. The molecule has 0 saturated carbocycles. The molecule has 1 aliphatic rings. The number of rotatable bonds is 3. The van der Waals surface area contributed by atoms with E-state index >= 15 is 0 Å². The maximum absolute atomic E-state index is 8.70. The summed E-state index contributed by atoms with van der Waals surface area (Å²) in [6, 6.07) is 0. The third-order valence-corrected chi connectivity index (χ3v) is 2.75. The van der Waals surface area contributed by atoms with Gasteiger partial charge in [-0.1, -0.05) is 13.8 Å². The fraction of sp³-hybridized carbons (Fsp3) is 1.00. The molecule has 1 rings (SSSR count). The predicted molar refractivity (Wildman–Crippen MR) is 57.7 cm³/mol. The molecule has 2 nitrogen and oxygen atoms in total. The van der Waals surface area contributed by atoms with Gasteiger partial charge in [-0.2, -0.15) is 0 Å². The van der Waals surface area contributed by atoms with E-state index in [4.69, 9.17) is 5.11 Å². The van der Waals surface area contributed by atoms with Gasteiger partial charge < -0.3 is 9.59 Å². The highest BCUT2D eigenvalue weighted by molar-refractivity contribution is 4.51. The highest BCUT2D eigenvalue weighted by atomic mass is 16.3. The van der Waals surface area contributed by atoms with Crippen LogP contribution < -0.4 is 0 Å². The van der Waals surface area contributed by atoms with Crippen molar-refractivity contribution in [1.29, 1.82) is 0 Å². The first-order valence-electron chi connectivity index (χ1n) is 5.71. The summed E-state index contributed by atoms with van der Waals surface area (Å²) in [4.78, 5) is 0. The van der Waals surface area contributed by atoms with Crippen molar-refractivity contribution in [1.82, 2.24) is 0 Å². The molecule has 13 heavy (non-hydrogen) atoms. The fourth-order valence-electron chi connectivity index (χ4n) is 1.95. The van der Waals surface area contributed by atoms with Crippen LogP contribution in [-0.2, 0) is 0 Å². The van der Waals surface area contributed by atoms with E-state index in [1.165, 1.54) is 36.8 Å². The molecule has 0 aromatic carbocycles. The van der Waals surface area contributed by atoms with E-state index in [-0.39, 0.29) is 0 Å². The third-order valence-electron chi connectivity index (χ3n) is 2.75. The van der Waals surface area contributed by atoms with Gasteiger partial charge in [0.15, 0.2) is 0 Å². The predicted octanol–water partition coefficient (Wildman–Crippen LogP) is 2.03. The Morgan fingerprint density at radius 1 is 1.08 bits per heavy atom. The van der Waals surface area contributed by atoms with Gasteiger partial charge in [-0.05, 0) is 19.3 Å². The Bertz CT molecular complexity index is 109. The van der Waals surface area contributed by atoms with E-state index in [0.717, 1.165) is 13.0 Å². The minimum Gasteiger partial charge on any atom is -0.396 e. The second-order valence-electron chi connectivity index (χ2n) is 3.93. The van der Waals surface area contributed by atoms with Gasteiger partial charge in [0.1, 0.15) is 0 Å². The molecule has 0 amide bonds. The van der Waals surface area contributed by atoms with Crippen molar-refractivity contribution in [3.05, 3.63) is 0 Å². The van der Waals surface area contributed by atoms with Crippen molar-refractivity contribution in [3.63, 3.8) is 0 Å². The van der Waals surface area contributed by atoms with Gasteiger partial charge in [0.05, 0.1) is 26.7 Å². The number of nitrogens with zero attached hydrogens (tertiary/aromatic N) is 1. The standard InChI is InChI=1S/C9H20NO.C2H6/c1-10(8-5-9-11)6-3-2-4-7-10;1-2/h11H,2-9H2,1H3;1-2H3/q+1;. The van der Waals surface area contributed by atoms with E-state index in [1.807, 2.05) is 13.8 Å². The second-order valence-corrected chi connectivity index (χ2v) is 3.93. The van der Waals surface area contributed by atoms with Gasteiger partial charge in [-0.15, -0.1) is 0 Å². The molecule has 2 heteroatoms. The minimum absolute atomic E-state index is 0.355. The lowest BCUT2D eigenvalue weighted by Crippen LogP contribution is -2.48. The van der Waals surface area contributed by atoms with E-state index in [9.17, 15) is 0 Å². The zero-order valence-electron chi connectivity index (χ0n) is 9.55. The lowest BCUT2D eigenvalue weighted by Gasteiger charge is -2.37. The Hall–Kier alpha value is -0.0800. The number of piperidine rings is 1. The quantitative estimate of drug-likeness (QED) is 0.672. The van der Waals surface area contributed by atoms with Crippen LogP contribution in [0.4, 0.5) is 0 Å². The van der Waals surface area contributed by atoms with Gasteiger partial charge >= 0.3 is 0 Å². The Labute approximate surface area is 83.2 Å². The van der Waals surface area contributed by atoms with Gasteiger partial charge in [0.2, 0.25) is 0 Å². The van der Waals surface area contributed by atoms with E-state index in [2.05, 4.69) is 7.05 Å². The van der Waals surface area contributed by atoms with Crippen LogP contribution in [0.25, 0.3) is 0 Å². The van der Waals surface area contributed by atoms with Crippen molar-refractivity contribution in [2.45, 2.75) is 39.5 Å². The Morgan fingerprint density at radius 3 is 2.08 bits per heavy atom. The van der Waals surface area contributed by atoms with Crippen LogP contribution in [0.5, 0.6) is 0 Å². The summed E-state index contributed by atoms with van der Waals surface area (Å²) in [5.74, 6) is 0. The highest BCUT2D eigenvalue weighted by Crippen LogP contribution is 2.16. The zero-order valence-corrected chi connectivity index (χ0v) is 9.55. The maximum atomic E-state index is 8.70. The van der Waals surface area contributed by atoms with E-state index in [0.29, 0.717) is 6.61 Å². The lowest BCUT2D eigenvalue weighted by atomic mass is 10.1. The molecule has 1 aliphatic heterocycles.